The van der Waals surface area contributed by atoms with Gasteiger partial charge in [0.05, 0.1) is 4.90 Å². The Morgan fingerprint density at radius 2 is 1.93 bits per heavy atom. The van der Waals surface area contributed by atoms with E-state index in [-0.39, 0.29) is 45.8 Å². The lowest BCUT2D eigenvalue weighted by molar-refractivity contribution is 0.101. The van der Waals surface area contributed by atoms with Crippen LogP contribution in [0.15, 0.2) is 39.7 Å². The van der Waals surface area contributed by atoms with E-state index in [0.717, 1.165) is 12.1 Å². The highest BCUT2D eigenvalue weighted by Crippen LogP contribution is 2.28. The Morgan fingerprint density at radius 1 is 1.28 bits per heavy atom. The van der Waals surface area contributed by atoms with E-state index in [1.165, 1.54) is 17.7 Å². The summed E-state index contributed by atoms with van der Waals surface area (Å²) in [5.41, 5.74) is 0.835. The number of hydrogen-bond acceptors (Lipinski definition) is 3. The van der Waals surface area contributed by atoms with Gasteiger partial charge in [0.25, 0.3) is 5.91 Å². The predicted octanol–water partition coefficient (Wildman–Crippen LogP) is 4.32. The zero-order valence-corrected chi connectivity index (χ0v) is 16.7. The molecule has 162 valence electrons. The first kappa shape index (κ1) is 26.8. The standard InChI is InChI=1S/C17H18F2N4O2S.2CH4.H2S/c1-10-4-6-12-15(26(25,20-2)22-10)9-23(3)16(12)17(24)21-11-5-7-13(18)14(19)8-11;;;/h4-10H,1-3H3,(H,21,24)(H,20,22,25);2*1H4;1H2/t10-,26?;;;/m0.../s1. The Labute approximate surface area is 178 Å². The van der Waals surface area contributed by atoms with Crippen molar-refractivity contribution in [1.82, 2.24) is 9.29 Å². The van der Waals surface area contributed by atoms with Crippen LogP contribution in [0, 0.1) is 11.6 Å². The molecule has 0 spiro atoms. The van der Waals surface area contributed by atoms with Gasteiger partial charge in [0, 0.05) is 43.7 Å². The number of hydrogen-bond donors (Lipinski definition) is 2. The van der Waals surface area contributed by atoms with Crippen molar-refractivity contribution < 1.29 is 17.8 Å². The molecule has 29 heavy (non-hydrogen) atoms. The van der Waals surface area contributed by atoms with Gasteiger partial charge in [0.2, 0.25) is 0 Å². The molecule has 0 fully saturated rings. The van der Waals surface area contributed by atoms with E-state index >= 15 is 0 Å². The summed E-state index contributed by atoms with van der Waals surface area (Å²) in [7, 11) is 0.199. The van der Waals surface area contributed by atoms with Crippen LogP contribution in [-0.4, -0.2) is 27.8 Å². The van der Waals surface area contributed by atoms with Gasteiger partial charge in [-0.3, -0.25) is 4.79 Å². The number of amides is 1. The molecule has 1 aliphatic rings. The Bertz CT molecular complexity index is 1040. The fourth-order valence-corrected chi connectivity index (χ4v) is 4.57. The molecule has 1 aliphatic heterocycles. The third-order valence-corrected chi connectivity index (χ3v) is 6.16. The summed E-state index contributed by atoms with van der Waals surface area (Å²) in [6.45, 7) is 1.83. The van der Waals surface area contributed by atoms with Crippen molar-refractivity contribution in [1.29, 1.82) is 0 Å². The first-order chi connectivity index (χ1) is 12.2. The largest absolute Gasteiger partial charge is 0.345 e. The van der Waals surface area contributed by atoms with Gasteiger partial charge in [-0.25, -0.2) is 22.1 Å². The fourth-order valence-electron chi connectivity index (χ4n) is 2.79. The molecule has 1 aromatic carbocycles. The third kappa shape index (κ3) is 5.06. The van der Waals surface area contributed by atoms with E-state index in [1.54, 1.807) is 25.4 Å². The maximum Gasteiger partial charge on any atom is 0.272 e. The SMILES string of the molecule is C.C.CN=S1(=O)N[C@@H](C)C=Cc2c1cn(C)c2C(=O)Nc1ccc(F)c(F)c1.S. The summed E-state index contributed by atoms with van der Waals surface area (Å²) < 4.78 is 48.0. The molecule has 0 saturated heterocycles. The molecule has 1 aromatic heterocycles. The van der Waals surface area contributed by atoms with Gasteiger partial charge < -0.3 is 9.88 Å². The average Bonchev–Trinajstić information content (AvgIpc) is 2.87. The number of nitrogens with one attached hydrogen (secondary N) is 2. The number of anilines is 1. The number of nitrogens with zero attached hydrogens (tertiary/aromatic N) is 2. The van der Waals surface area contributed by atoms with Gasteiger partial charge in [0.15, 0.2) is 11.6 Å². The number of fused-ring (bicyclic) bond motifs is 1. The molecule has 10 heteroatoms. The summed E-state index contributed by atoms with van der Waals surface area (Å²) in [6.07, 6.45) is 5.08. The maximum absolute atomic E-state index is 13.4. The Morgan fingerprint density at radius 3 is 2.52 bits per heavy atom. The zero-order valence-electron chi connectivity index (χ0n) is 14.9. The summed E-state index contributed by atoms with van der Waals surface area (Å²) in [6, 6.07) is 2.90. The second-order valence-corrected chi connectivity index (χ2v) is 8.02. The Hall–Kier alpha value is -2.17. The monoisotopic (exact) mass is 446 g/mol. The first-order valence-electron chi connectivity index (χ1n) is 7.81. The van der Waals surface area contributed by atoms with Crippen molar-refractivity contribution in [2.75, 3.05) is 12.4 Å². The van der Waals surface area contributed by atoms with Crippen LogP contribution in [0.4, 0.5) is 14.5 Å². The van der Waals surface area contributed by atoms with Gasteiger partial charge in [-0.1, -0.05) is 27.0 Å². The topological polar surface area (TPSA) is 75.5 Å². The van der Waals surface area contributed by atoms with E-state index in [2.05, 4.69) is 14.4 Å². The van der Waals surface area contributed by atoms with Crippen molar-refractivity contribution in [3.63, 3.8) is 0 Å². The average molecular weight is 447 g/mol. The van der Waals surface area contributed by atoms with E-state index in [0.29, 0.717) is 10.5 Å². The second kappa shape index (κ2) is 10.0. The minimum atomic E-state index is -2.89. The smallest absolute Gasteiger partial charge is 0.272 e. The molecule has 2 N–H and O–H groups in total. The number of carbonyl (C=O) groups is 1. The number of halogens is 2. The van der Waals surface area contributed by atoms with Crippen molar-refractivity contribution in [3.05, 3.63) is 53.4 Å². The van der Waals surface area contributed by atoms with Crippen LogP contribution in [0.5, 0.6) is 0 Å². The molecule has 0 saturated carbocycles. The first-order valence-corrected chi connectivity index (χ1v) is 9.33. The number of aryl methyl sites for hydroxylation is 1. The lowest BCUT2D eigenvalue weighted by Crippen LogP contribution is -2.29. The quantitative estimate of drug-likeness (QED) is 0.721. The van der Waals surface area contributed by atoms with Crippen LogP contribution in [0.2, 0.25) is 0 Å². The number of benzene rings is 1. The molecule has 1 amide bonds. The van der Waals surface area contributed by atoms with Crippen molar-refractivity contribution in [2.45, 2.75) is 32.7 Å². The summed E-state index contributed by atoms with van der Waals surface area (Å²) in [5, 5.41) is 2.54. The third-order valence-electron chi connectivity index (χ3n) is 4.03. The number of aromatic nitrogens is 1. The molecule has 2 aromatic rings. The van der Waals surface area contributed by atoms with E-state index in [1.807, 2.05) is 6.92 Å². The molecule has 2 atom stereocenters. The maximum atomic E-state index is 13.4. The fraction of sp³-hybridized carbons (Fsp3) is 0.316. The molecule has 2 heterocycles. The molecule has 0 radical (unpaired) electrons. The molecule has 0 bridgehead atoms. The zero-order chi connectivity index (χ0) is 19.1. The second-order valence-electron chi connectivity index (χ2n) is 5.92. The molecular weight excluding hydrogens is 418 g/mol. The predicted molar refractivity (Wildman–Crippen MR) is 120 cm³/mol. The van der Waals surface area contributed by atoms with Gasteiger partial charge in [-0.15, -0.1) is 0 Å². The van der Waals surface area contributed by atoms with Crippen LogP contribution in [-0.2, 0) is 17.0 Å². The van der Waals surface area contributed by atoms with Gasteiger partial charge in [0.1, 0.15) is 15.6 Å². The minimum absolute atomic E-state index is 0. The highest BCUT2D eigenvalue weighted by Gasteiger charge is 2.28. The van der Waals surface area contributed by atoms with Gasteiger partial charge in [-0.05, 0) is 19.1 Å². The van der Waals surface area contributed by atoms with Crippen LogP contribution in [0.3, 0.4) is 0 Å². The summed E-state index contributed by atoms with van der Waals surface area (Å²) in [5.74, 6) is -2.58. The summed E-state index contributed by atoms with van der Waals surface area (Å²) >= 11 is 0. The van der Waals surface area contributed by atoms with Crippen molar-refractivity contribution in [3.8, 4) is 0 Å². The summed E-state index contributed by atoms with van der Waals surface area (Å²) in [4.78, 5) is 13.1. The van der Waals surface area contributed by atoms with Crippen LogP contribution < -0.4 is 10.0 Å². The van der Waals surface area contributed by atoms with E-state index in [9.17, 15) is 17.8 Å². The van der Waals surface area contributed by atoms with Gasteiger partial charge in [-0.2, -0.15) is 13.5 Å². The van der Waals surface area contributed by atoms with E-state index < -0.39 is 27.5 Å². The van der Waals surface area contributed by atoms with Crippen LogP contribution >= 0.6 is 13.5 Å². The minimum Gasteiger partial charge on any atom is -0.345 e. The van der Waals surface area contributed by atoms with Gasteiger partial charge >= 0.3 is 0 Å². The highest BCUT2D eigenvalue weighted by molar-refractivity contribution is 7.91. The molecule has 3 rings (SSSR count). The highest BCUT2D eigenvalue weighted by atomic mass is 32.2. The number of rotatable bonds is 2. The lowest BCUT2D eigenvalue weighted by Gasteiger charge is -2.11. The lowest BCUT2D eigenvalue weighted by atomic mass is 10.2. The molecule has 1 unspecified atom stereocenters. The van der Waals surface area contributed by atoms with Crippen LogP contribution in [0.25, 0.3) is 6.08 Å². The normalized spacial score (nSPS) is 19.6. The Balaban J connectivity index is 0.00000261. The van der Waals surface area contributed by atoms with Crippen LogP contribution in [0.1, 0.15) is 37.8 Å². The van der Waals surface area contributed by atoms with E-state index in [4.69, 9.17) is 0 Å². The Kier molecular flexibility index (Phi) is 9.29. The molecular formula is C19H28F2N4O2S2. The van der Waals surface area contributed by atoms with Crippen molar-refractivity contribution >= 4 is 41.1 Å². The molecule has 6 nitrogen and oxygen atoms in total. The van der Waals surface area contributed by atoms with Crippen molar-refractivity contribution in [2.24, 2.45) is 11.4 Å². The number of carbonyl (C=O) groups excluding carboxylic acids is 1. The molecule has 0 aliphatic carbocycles.